The Labute approximate surface area is 357 Å². The Morgan fingerprint density at radius 1 is 0.672 bits per heavy atom. The summed E-state index contributed by atoms with van der Waals surface area (Å²) in [6, 6.07) is 53.3. The van der Waals surface area contributed by atoms with Crippen molar-refractivity contribution in [3.05, 3.63) is 168 Å². The Morgan fingerprint density at radius 2 is 1.38 bits per heavy atom. The van der Waals surface area contributed by atoms with Gasteiger partial charge in [-0.25, -0.2) is 0 Å². The van der Waals surface area contributed by atoms with Gasteiger partial charge in [-0.2, -0.15) is 0 Å². The third kappa shape index (κ3) is 8.02. The van der Waals surface area contributed by atoms with Gasteiger partial charge in [0.1, 0.15) is 5.58 Å². The first-order valence-corrected chi connectivity index (χ1v) is 23.5. The summed E-state index contributed by atoms with van der Waals surface area (Å²) in [7, 11) is -1.23. The smallest absolute Gasteiger partial charge is 0.121 e. The van der Waals surface area contributed by atoms with Gasteiger partial charge in [0.25, 0.3) is 0 Å². The maximum atomic E-state index is 6.55. The summed E-state index contributed by atoms with van der Waals surface area (Å²) < 4.78 is 8.91. The summed E-state index contributed by atoms with van der Waals surface area (Å²) in [6.07, 6.45) is 2.02. The number of imidazole rings is 1. The number of rotatable bonds is 7. The molecule has 4 nitrogen and oxygen atoms in total. The molecule has 58 heavy (non-hydrogen) atoms. The predicted molar refractivity (Wildman–Crippen MR) is 242 cm³/mol. The van der Waals surface area contributed by atoms with Crippen LogP contribution in [0.4, 0.5) is 0 Å². The second kappa shape index (κ2) is 16.8. The summed E-state index contributed by atoms with van der Waals surface area (Å²) in [6.45, 7) is 18.2. The van der Waals surface area contributed by atoms with E-state index < -0.39 is 8.07 Å². The number of benzene rings is 6. The zero-order chi connectivity index (χ0) is 39.8. The Hall–Kier alpha value is -5.39. The zero-order valence-electron chi connectivity index (χ0n) is 34.5. The van der Waals surface area contributed by atoms with Crippen LogP contribution in [0.15, 0.2) is 144 Å². The molecule has 6 aromatic carbocycles. The number of furan rings is 1. The maximum absolute atomic E-state index is 6.55. The quantitative estimate of drug-likeness (QED) is 0.118. The topological polar surface area (TPSA) is 43.9 Å². The average molecular weight is 952 g/mol. The maximum Gasteiger partial charge on any atom is 0.121 e. The van der Waals surface area contributed by atoms with Crippen LogP contribution < -0.4 is 5.19 Å². The van der Waals surface area contributed by atoms with E-state index in [1.807, 2.05) is 36.5 Å². The predicted octanol–water partition coefficient (Wildman–Crippen LogP) is 13.7. The molecule has 0 aliphatic heterocycles. The molecule has 0 N–H and O–H groups in total. The summed E-state index contributed by atoms with van der Waals surface area (Å²) in [5, 5.41) is 3.59. The molecule has 0 fully saturated rings. The van der Waals surface area contributed by atoms with E-state index in [-0.39, 0.29) is 20.1 Å². The second-order valence-electron chi connectivity index (χ2n) is 16.6. The molecule has 6 heteroatoms. The normalized spacial score (nSPS) is 11.6. The Balaban J connectivity index is 0.000000254. The minimum Gasteiger partial charge on any atom is -0.501 e. The molecule has 0 aliphatic carbocycles. The molecule has 0 saturated heterocycles. The van der Waals surface area contributed by atoms with Crippen molar-refractivity contribution < 1.29 is 24.5 Å². The summed E-state index contributed by atoms with van der Waals surface area (Å²) in [5.41, 5.74) is 14.1. The van der Waals surface area contributed by atoms with Crippen molar-refractivity contribution in [3.8, 4) is 39.5 Å². The molecule has 0 saturated carbocycles. The molecule has 0 spiro atoms. The molecule has 1 radical (unpaired) electrons. The van der Waals surface area contributed by atoms with Crippen LogP contribution in [0.2, 0.25) is 19.6 Å². The van der Waals surface area contributed by atoms with Gasteiger partial charge in [0.05, 0.1) is 30.5 Å². The van der Waals surface area contributed by atoms with Gasteiger partial charge >= 0.3 is 0 Å². The van der Waals surface area contributed by atoms with E-state index in [1.54, 1.807) is 0 Å². The van der Waals surface area contributed by atoms with Gasteiger partial charge in [-0.3, -0.25) is 4.98 Å². The summed E-state index contributed by atoms with van der Waals surface area (Å²) >= 11 is 0. The van der Waals surface area contributed by atoms with Crippen LogP contribution in [-0.2, 0) is 20.1 Å². The summed E-state index contributed by atoms with van der Waals surface area (Å²) in [4.78, 5) is 9.77. The van der Waals surface area contributed by atoms with E-state index in [1.165, 1.54) is 38.7 Å². The molecule has 0 amide bonds. The van der Waals surface area contributed by atoms with Crippen molar-refractivity contribution >= 4 is 46.2 Å². The van der Waals surface area contributed by atoms with Gasteiger partial charge in [-0.15, -0.1) is 54.1 Å². The van der Waals surface area contributed by atoms with Crippen molar-refractivity contribution in [2.75, 3.05) is 0 Å². The van der Waals surface area contributed by atoms with Crippen LogP contribution >= 0.6 is 0 Å². The minimum absolute atomic E-state index is 0. The van der Waals surface area contributed by atoms with Gasteiger partial charge in [-0.1, -0.05) is 125 Å². The van der Waals surface area contributed by atoms with Gasteiger partial charge < -0.3 is 14.0 Å². The van der Waals surface area contributed by atoms with Gasteiger partial charge in [0, 0.05) is 37.4 Å². The van der Waals surface area contributed by atoms with E-state index >= 15 is 0 Å². The van der Waals surface area contributed by atoms with E-state index in [9.17, 15) is 0 Å². The second-order valence-corrected chi connectivity index (χ2v) is 21.7. The monoisotopic (exact) mass is 952 g/mol. The standard InChI is InChI=1S/C38H33N2O.C14H16NSi.Ir/c1-23(2)31-21-27(26-12-7-6-8-13-26)22-32(24(3)4)36(31)40-34-17-10-9-16-33(34)39-38(40)30-15-11-14-29-28-19-18-25(5)20-35(28)41-37(29)30;1-16(2,3)13-9-10-14(15-11-13)12-7-5-4-6-8-12;/h6-14,16-24H,1-5H3;4-7,9-11H,1-3H3;/q2*-1;. The van der Waals surface area contributed by atoms with Crippen molar-refractivity contribution in [2.45, 2.75) is 66.1 Å². The van der Waals surface area contributed by atoms with E-state index in [2.05, 4.69) is 179 Å². The van der Waals surface area contributed by atoms with Crippen LogP contribution in [0.5, 0.6) is 0 Å². The number of nitrogens with zero attached hydrogens (tertiary/aromatic N) is 3. The average Bonchev–Trinajstić information content (AvgIpc) is 3.79. The zero-order valence-corrected chi connectivity index (χ0v) is 37.9. The Bertz CT molecular complexity index is 2800. The van der Waals surface area contributed by atoms with Crippen molar-refractivity contribution in [3.63, 3.8) is 0 Å². The van der Waals surface area contributed by atoms with Gasteiger partial charge in [0.2, 0.25) is 0 Å². The van der Waals surface area contributed by atoms with Gasteiger partial charge in [0.15, 0.2) is 0 Å². The molecule has 293 valence electrons. The first-order chi connectivity index (χ1) is 27.5. The van der Waals surface area contributed by atoms with Crippen LogP contribution in [0, 0.1) is 19.1 Å². The van der Waals surface area contributed by atoms with Crippen molar-refractivity contribution in [1.82, 2.24) is 14.5 Å². The Kier molecular flexibility index (Phi) is 11.8. The molecule has 0 unspecified atom stereocenters. The molecule has 9 rings (SSSR count). The molecule has 0 aliphatic rings. The van der Waals surface area contributed by atoms with E-state index in [4.69, 9.17) is 9.40 Å². The van der Waals surface area contributed by atoms with Gasteiger partial charge in [-0.05, 0) is 87.8 Å². The van der Waals surface area contributed by atoms with Crippen molar-refractivity contribution in [2.24, 2.45) is 0 Å². The number of pyridine rings is 1. The summed E-state index contributed by atoms with van der Waals surface area (Å²) in [5.74, 6) is 1.45. The molecular formula is C52H49IrN3OSi-2. The van der Waals surface area contributed by atoms with E-state index in [0.29, 0.717) is 11.8 Å². The van der Waals surface area contributed by atoms with Crippen LogP contribution in [-0.4, -0.2) is 22.6 Å². The number of hydrogen-bond donors (Lipinski definition) is 0. The van der Waals surface area contributed by atoms with E-state index in [0.717, 1.165) is 55.6 Å². The molecule has 0 atom stereocenters. The third-order valence-electron chi connectivity index (χ3n) is 10.7. The molecule has 9 aromatic rings. The fraction of sp³-hybridized carbons (Fsp3) is 0.192. The molecule has 3 aromatic heterocycles. The number of fused-ring (bicyclic) bond motifs is 4. The van der Waals surface area contributed by atoms with Crippen LogP contribution in [0.1, 0.15) is 56.2 Å². The molecule has 0 bridgehead atoms. The number of aromatic nitrogens is 3. The van der Waals surface area contributed by atoms with Crippen LogP contribution in [0.25, 0.3) is 72.4 Å². The molecular weight excluding hydrogens is 903 g/mol. The Morgan fingerprint density at radius 3 is 2.03 bits per heavy atom. The first kappa shape index (κ1) is 40.8. The fourth-order valence-corrected chi connectivity index (χ4v) is 8.64. The third-order valence-corrected chi connectivity index (χ3v) is 12.8. The number of aryl methyl sites for hydroxylation is 1. The number of para-hydroxylation sites is 2. The number of hydrogen-bond acceptors (Lipinski definition) is 3. The van der Waals surface area contributed by atoms with Crippen molar-refractivity contribution in [1.29, 1.82) is 0 Å². The SMILES string of the molecule is C[Si](C)(C)c1ccc(-c2[c-]cccc2)nc1.Cc1ccc2c(c1)oc1c(-c3nc4ccccc4n3-c3c(C(C)C)cc(-c4ccccc4)cc3C(C)C)[c-]ccc12.[Ir]. The van der Waals surface area contributed by atoms with Crippen LogP contribution in [0.3, 0.4) is 0 Å². The molecule has 3 heterocycles. The largest absolute Gasteiger partial charge is 0.501 e. The first-order valence-electron chi connectivity index (χ1n) is 20.0. The fourth-order valence-electron chi connectivity index (χ4n) is 7.60. The minimum atomic E-state index is -1.23.